The maximum atomic E-state index is 11.1. The summed E-state index contributed by atoms with van der Waals surface area (Å²) in [5, 5.41) is 0.508. The highest BCUT2D eigenvalue weighted by atomic mass is 35.5. The zero-order valence-corrected chi connectivity index (χ0v) is 11.2. The smallest absolute Gasteiger partial charge is 0.309 e. The van der Waals surface area contributed by atoms with Crippen molar-refractivity contribution in [1.29, 1.82) is 0 Å². The van der Waals surface area contributed by atoms with Crippen molar-refractivity contribution < 1.29 is 14.3 Å². The van der Waals surface area contributed by atoms with Crippen LogP contribution in [0.2, 0.25) is 5.02 Å². The average Bonchev–Trinajstić information content (AvgIpc) is 2.32. The third-order valence-corrected chi connectivity index (χ3v) is 2.56. The number of hydrogen-bond donors (Lipinski definition) is 1. The highest BCUT2D eigenvalue weighted by Crippen LogP contribution is 2.29. The van der Waals surface area contributed by atoms with Gasteiger partial charge in [-0.2, -0.15) is 0 Å². The fraction of sp³-hybridized carbons (Fsp3) is 0.308. The molecular weight excluding hydrogens is 254 g/mol. The maximum Gasteiger partial charge on any atom is 0.309 e. The third kappa shape index (κ3) is 3.96. The fourth-order valence-electron chi connectivity index (χ4n) is 1.39. The predicted molar refractivity (Wildman–Crippen MR) is 72.7 cm³/mol. The van der Waals surface area contributed by atoms with Crippen LogP contribution in [0.5, 0.6) is 5.75 Å². The summed E-state index contributed by atoms with van der Waals surface area (Å²) in [6, 6.07) is 3.34. The molecule has 1 aromatic carbocycles. The van der Waals surface area contributed by atoms with Gasteiger partial charge in [0.15, 0.2) is 0 Å². The lowest BCUT2D eigenvalue weighted by Gasteiger charge is -2.07. The first kappa shape index (κ1) is 14.4. The average molecular weight is 270 g/mol. The minimum absolute atomic E-state index is 0.205. The van der Waals surface area contributed by atoms with Crippen molar-refractivity contribution in [2.24, 2.45) is 0 Å². The molecule has 0 radical (unpaired) electrons. The van der Waals surface area contributed by atoms with Crippen LogP contribution in [-0.2, 0) is 9.53 Å². The number of halogens is 1. The summed E-state index contributed by atoms with van der Waals surface area (Å²) < 4.78 is 9.90. The molecule has 2 N–H and O–H groups in total. The van der Waals surface area contributed by atoms with E-state index < -0.39 is 0 Å². The van der Waals surface area contributed by atoms with Gasteiger partial charge in [-0.15, -0.1) is 0 Å². The number of nitrogen functional groups attached to an aromatic ring is 1. The van der Waals surface area contributed by atoms with E-state index in [0.29, 0.717) is 23.1 Å². The Hall–Kier alpha value is -1.68. The number of esters is 1. The number of anilines is 1. The summed E-state index contributed by atoms with van der Waals surface area (Å²) in [5.41, 5.74) is 6.93. The molecule has 0 atom stereocenters. The molecule has 0 bridgehead atoms. The van der Waals surface area contributed by atoms with E-state index in [9.17, 15) is 4.79 Å². The van der Waals surface area contributed by atoms with Gasteiger partial charge in [0.25, 0.3) is 0 Å². The van der Waals surface area contributed by atoms with Gasteiger partial charge in [0.05, 0.1) is 30.8 Å². The Morgan fingerprint density at radius 1 is 1.50 bits per heavy atom. The summed E-state index contributed by atoms with van der Waals surface area (Å²) in [6.07, 6.45) is 3.63. The van der Waals surface area contributed by atoms with Crippen LogP contribution in [0.25, 0.3) is 6.08 Å². The molecule has 0 unspecified atom stereocenters. The van der Waals surface area contributed by atoms with Crippen molar-refractivity contribution >= 4 is 29.3 Å². The van der Waals surface area contributed by atoms with Gasteiger partial charge in [0.1, 0.15) is 5.75 Å². The third-order valence-electron chi connectivity index (χ3n) is 2.24. The van der Waals surface area contributed by atoms with Gasteiger partial charge >= 0.3 is 5.97 Å². The molecule has 0 aromatic heterocycles. The first-order valence-corrected chi connectivity index (χ1v) is 5.91. The van der Waals surface area contributed by atoms with Crippen molar-refractivity contribution in [1.82, 2.24) is 0 Å². The van der Waals surface area contributed by atoms with Gasteiger partial charge in [-0.3, -0.25) is 4.79 Å². The Labute approximate surface area is 111 Å². The lowest BCUT2D eigenvalue weighted by molar-refractivity contribution is -0.142. The van der Waals surface area contributed by atoms with Gasteiger partial charge < -0.3 is 15.2 Å². The Morgan fingerprint density at radius 3 is 2.83 bits per heavy atom. The molecule has 0 saturated heterocycles. The van der Waals surface area contributed by atoms with Crippen LogP contribution < -0.4 is 10.5 Å². The van der Waals surface area contributed by atoms with E-state index in [2.05, 4.69) is 0 Å². The molecule has 0 aliphatic heterocycles. The van der Waals surface area contributed by atoms with Crippen molar-refractivity contribution in [2.75, 3.05) is 19.5 Å². The SMILES string of the molecule is CCOC(=O)CC=Cc1cc(OC)c(N)cc1Cl. The van der Waals surface area contributed by atoms with Gasteiger partial charge in [0.2, 0.25) is 0 Å². The van der Waals surface area contributed by atoms with Gasteiger partial charge in [-0.05, 0) is 24.6 Å². The minimum Gasteiger partial charge on any atom is -0.495 e. The number of methoxy groups -OCH3 is 1. The van der Waals surface area contributed by atoms with Crippen LogP contribution >= 0.6 is 11.6 Å². The Balaban J connectivity index is 2.78. The number of nitrogens with two attached hydrogens (primary N) is 1. The van der Waals surface area contributed by atoms with Crippen LogP contribution in [0.4, 0.5) is 5.69 Å². The van der Waals surface area contributed by atoms with E-state index in [-0.39, 0.29) is 12.4 Å². The molecule has 0 saturated carbocycles. The number of carbonyl (C=O) groups is 1. The lowest BCUT2D eigenvalue weighted by Crippen LogP contribution is -2.01. The number of rotatable bonds is 5. The topological polar surface area (TPSA) is 61.5 Å². The fourth-order valence-corrected chi connectivity index (χ4v) is 1.63. The molecular formula is C13H16ClNO3. The van der Waals surface area contributed by atoms with Gasteiger partial charge in [-0.1, -0.05) is 23.8 Å². The Morgan fingerprint density at radius 2 is 2.22 bits per heavy atom. The van der Waals surface area contributed by atoms with Crippen molar-refractivity contribution in [3.05, 3.63) is 28.8 Å². The minimum atomic E-state index is -0.271. The van der Waals surface area contributed by atoms with Crippen LogP contribution in [0.1, 0.15) is 18.9 Å². The summed E-state index contributed by atoms with van der Waals surface area (Å²) in [7, 11) is 1.53. The number of hydrogen-bond acceptors (Lipinski definition) is 4. The molecule has 0 spiro atoms. The molecule has 98 valence electrons. The molecule has 0 aliphatic rings. The number of carbonyl (C=O) groups excluding carboxylic acids is 1. The second-order valence-electron chi connectivity index (χ2n) is 3.53. The molecule has 1 rings (SSSR count). The molecule has 5 heteroatoms. The number of ether oxygens (including phenoxy) is 2. The zero-order valence-electron chi connectivity index (χ0n) is 10.4. The van der Waals surface area contributed by atoms with E-state index in [1.165, 1.54) is 7.11 Å². The quantitative estimate of drug-likeness (QED) is 0.659. The van der Waals surface area contributed by atoms with E-state index in [1.54, 1.807) is 31.2 Å². The standard InChI is InChI=1S/C13H16ClNO3/c1-3-18-13(16)6-4-5-9-7-12(17-2)11(15)8-10(9)14/h4-5,7-8H,3,6,15H2,1-2H3. The normalized spacial score (nSPS) is 10.6. The molecule has 1 aromatic rings. The first-order valence-electron chi connectivity index (χ1n) is 5.53. The second kappa shape index (κ2) is 6.91. The number of benzene rings is 1. The highest BCUT2D eigenvalue weighted by Gasteiger charge is 2.05. The summed E-state index contributed by atoms with van der Waals surface area (Å²) in [4.78, 5) is 11.1. The zero-order chi connectivity index (χ0) is 13.5. The summed E-state index contributed by atoms with van der Waals surface area (Å²) >= 11 is 6.03. The van der Waals surface area contributed by atoms with E-state index in [1.807, 2.05) is 0 Å². The largest absolute Gasteiger partial charge is 0.495 e. The van der Waals surface area contributed by atoms with Crippen LogP contribution in [0, 0.1) is 0 Å². The molecule has 18 heavy (non-hydrogen) atoms. The Bertz CT molecular complexity index is 458. The van der Waals surface area contributed by atoms with Crippen LogP contribution in [0.15, 0.2) is 18.2 Å². The highest BCUT2D eigenvalue weighted by molar-refractivity contribution is 6.32. The monoisotopic (exact) mass is 269 g/mol. The lowest BCUT2D eigenvalue weighted by atomic mass is 10.1. The summed E-state index contributed by atoms with van der Waals surface area (Å²) in [6.45, 7) is 2.15. The molecule has 4 nitrogen and oxygen atoms in total. The van der Waals surface area contributed by atoms with Crippen molar-refractivity contribution in [2.45, 2.75) is 13.3 Å². The van der Waals surface area contributed by atoms with Gasteiger partial charge in [-0.25, -0.2) is 0 Å². The van der Waals surface area contributed by atoms with Crippen LogP contribution in [0.3, 0.4) is 0 Å². The van der Waals surface area contributed by atoms with E-state index >= 15 is 0 Å². The molecule has 0 amide bonds. The van der Waals surface area contributed by atoms with E-state index in [0.717, 1.165) is 5.56 Å². The van der Waals surface area contributed by atoms with Gasteiger partial charge in [0, 0.05) is 0 Å². The van der Waals surface area contributed by atoms with Crippen molar-refractivity contribution in [3.63, 3.8) is 0 Å². The summed E-state index contributed by atoms with van der Waals surface area (Å²) in [5.74, 6) is 0.280. The predicted octanol–water partition coefficient (Wildman–Crippen LogP) is 2.90. The molecule has 0 fully saturated rings. The Kier molecular flexibility index (Phi) is 5.52. The molecule has 0 aliphatic carbocycles. The van der Waals surface area contributed by atoms with E-state index in [4.69, 9.17) is 26.8 Å². The first-order chi connectivity index (χ1) is 8.58. The molecule has 0 heterocycles. The maximum absolute atomic E-state index is 11.1. The second-order valence-corrected chi connectivity index (χ2v) is 3.93. The van der Waals surface area contributed by atoms with Crippen LogP contribution in [-0.4, -0.2) is 19.7 Å². The van der Waals surface area contributed by atoms with Crippen molar-refractivity contribution in [3.8, 4) is 5.75 Å².